The molecule has 1 heterocycles. The van der Waals surface area contributed by atoms with Crippen molar-refractivity contribution in [2.45, 2.75) is 44.2 Å². The van der Waals surface area contributed by atoms with Crippen LogP contribution in [0.25, 0.3) is 0 Å². The van der Waals surface area contributed by atoms with E-state index in [-0.39, 0.29) is 0 Å². The molecule has 3 heteroatoms. The van der Waals surface area contributed by atoms with Crippen molar-refractivity contribution in [3.05, 3.63) is 12.2 Å². The maximum Gasteiger partial charge on any atom is 0.191 e. The molecule has 3 rings (SSSR count). The molecule has 2 unspecified atom stereocenters. The molecule has 2 atom stereocenters. The first kappa shape index (κ1) is 9.25. The molecule has 3 fully saturated rings. The first-order chi connectivity index (χ1) is 7.31. The number of hydrogen-bond acceptors (Lipinski definition) is 1. The Kier molecular flexibility index (Phi) is 2.19. The fourth-order valence-corrected chi connectivity index (χ4v) is 2.90. The van der Waals surface area contributed by atoms with Gasteiger partial charge >= 0.3 is 0 Å². The van der Waals surface area contributed by atoms with E-state index in [4.69, 9.17) is 0 Å². The van der Waals surface area contributed by atoms with Crippen molar-refractivity contribution in [1.29, 1.82) is 0 Å². The van der Waals surface area contributed by atoms with Crippen molar-refractivity contribution >= 4 is 5.96 Å². The lowest BCUT2D eigenvalue weighted by atomic mass is 9.81. The summed E-state index contributed by atoms with van der Waals surface area (Å²) in [6.45, 7) is 4.92. The molecule has 82 valence electrons. The highest BCUT2D eigenvalue weighted by Gasteiger charge is 2.34. The Morgan fingerprint density at radius 3 is 2.47 bits per heavy atom. The van der Waals surface area contributed by atoms with E-state index < -0.39 is 0 Å². The predicted octanol–water partition coefficient (Wildman–Crippen LogP) is 1.42. The number of nitrogens with zero attached hydrogens (tertiary/aromatic N) is 1. The quantitative estimate of drug-likeness (QED) is 0.669. The van der Waals surface area contributed by atoms with Crippen LogP contribution in [0.4, 0.5) is 0 Å². The van der Waals surface area contributed by atoms with E-state index in [1.165, 1.54) is 37.7 Å². The molecule has 0 aromatic heterocycles. The summed E-state index contributed by atoms with van der Waals surface area (Å²) in [4.78, 5) is 4.62. The summed E-state index contributed by atoms with van der Waals surface area (Å²) < 4.78 is 0. The van der Waals surface area contributed by atoms with Crippen LogP contribution in [0.3, 0.4) is 0 Å². The number of nitrogens with one attached hydrogen (secondary N) is 2. The highest BCUT2D eigenvalue weighted by atomic mass is 15.3. The lowest BCUT2D eigenvalue weighted by Gasteiger charge is -2.26. The largest absolute Gasteiger partial charge is 0.352 e. The molecule has 0 bridgehead atoms. The monoisotopic (exact) mass is 205 g/mol. The van der Waals surface area contributed by atoms with E-state index in [1.807, 2.05) is 0 Å². The third-order valence-electron chi connectivity index (χ3n) is 3.82. The standard InChI is InChI=1S/C12H19N3/c1-8-5-9(6-8)7-13-12-14-10-3-2-4-11(10)15-12/h9-11H,1-7H2,(H2,13,14,15). The van der Waals surface area contributed by atoms with Gasteiger partial charge in [0.2, 0.25) is 0 Å². The third-order valence-corrected chi connectivity index (χ3v) is 3.82. The van der Waals surface area contributed by atoms with Crippen molar-refractivity contribution < 1.29 is 0 Å². The van der Waals surface area contributed by atoms with Crippen LogP contribution in [0.5, 0.6) is 0 Å². The van der Waals surface area contributed by atoms with Crippen molar-refractivity contribution in [2.75, 3.05) is 6.54 Å². The Bertz CT molecular complexity index is 286. The molecule has 0 radical (unpaired) electrons. The zero-order valence-corrected chi connectivity index (χ0v) is 9.13. The molecule has 1 aliphatic heterocycles. The van der Waals surface area contributed by atoms with E-state index in [0.717, 1.165) is 18.4 Å². The van der Waals surface area contributed by atoms with Gasteiger partial charge in [0.1, 0.15) is 0 Å². The van der Waals surface area contributed by atoms with Gasteiger partial charge in [-0.25, -0.2) is 0 Å². The molecule has 0 aromatic carbocycles. The van der Waals surface area contributed by atoms with Crippen LogP contribution in [0.2, 0.25) is 0 Å². The molecule has 3 nitrogen and oxygen atoms in total. The van der Waals surface area contributed by atoms with Gasteiger partial charge in [-0.05, 0) is 38.0 Å². The maximum absolute atomic E-state index is 4.62. The second kappa shape index (κ2) is 3.54. The summed E-state index contributed by atoms with van der Waals surface area (Å²) >= 11 is 0. The van der Waals surface area contributed by atoms with Crippen molar-refractivity contribution in [3.8, 4) is 0 Å². The van der Waals surface area contributed by atoms with E-state index >= 15 is 0 Å². The Balaban J connectivity index is 1.51. The van der Waals surface area contributed by atoms with Crippen LogP contribution in [-0.4, -0.2) is 24.6 Å². The van der Waals surface area contributed by atoms with Crippen molar-refractivity contribution in [2.24, 2.45) is 10.9 Å². The Morgan fingerprint density at radius 1 is 1.20 bits per heavy atom. The molecule has 0 aromatic rings. The van der Waals surface area contributed by atoms with E-state index in [0.29, 0.717) is 12.1 Å². The smallest absolute Gasteiger partial charge is 0.191 e. The van der Waals surface area contributed by atoms with Crippen molar-refractivity contribution in [1.82, 2.24) is 10.6 Å². The average Bonchev–Trinajstić information content (AvgIpc) is 2.69. The summed E-state index contributed by atoms with van der Waals surface area (Å²) in [6.07, 6.45) is 6.33. The second-order valence-electron chi connectivity index (χ2n) is 5.15. The van der Waals surface area contributed by atoms with Gasteiger partial charge in [0.15, 0.2) is 5.96 Å². The molecule has 2 saturated carbocycles. The topological polar surface area (TPSA) is 36.4 Å². The normalized spacial score (nSPS) is 34.4. The Labute approximate surface area is 91.0 Å². The van der Waals surface area contributed by atoms with E-state index in [1.54, 1.807) is 0 Å². The van der Waals surface area contributed by atoms with Gasteiger partial charge in [-0.1, -0.05) is 12.2 Å². The Hall–Kier alpha value is -0.990. The number of hydrogen-bond donors (Lipinski definition) is 2. The van der Waals surface area contributed by atoms with Crippen LogP contribution in [0.1, 0.15) is 32.1 Å². The van der Waals surface area contributed by atoms with Gasteiger partial charge in [-0.15, -0.1) is 0 Å². The molecule has 3 aliphatic rings. The molecular weight excluding hydrogens is 186 g/mol. The molecule has 2 N–H and O–H groups in total. The maximum atomic E-state index is 4.62. The predicted molar refractivity (Wildman–Crippen MR) is 61.9 cm³/mol. The SMILES string of the molecule is C=C1CC(CN=C2NC3CCCC3N2)C1. The van der Waals surface area contributed by atoms with E-state index in [2.05, 4.69) is 22.2 Å². The number of fused-ring (bicyclic) bond motifs is 1. The minimum Gasteiger partial charge on any atom is -0.352 e. The fraction of sp³-hybridized carbons (Fsp3) is 0.750. The van der Waals surface area contributed by atoms with Crippen LogP contribution in [-0.2, 0) is 0 Å². The molecular formula is C12H19N3. The summed E-state index contributed by atoms with van der Waals surface area (Å²) in [5.41, 5.74) is 1.39. The highest BCUT2D eigenvalue weighted by molar-refractivity contribution is 5.83. The summed E-state index contributed by atoms with van der Waals surface area (Å²) in [5.74, 6) is 1.80. The lowest BCUT2D eigenvalue weighted by molar-refractivity contribution is 0.431. The van der Waals surface area contributed by atoms with Crippen LogP contribution < -0.4 is 10.6 Å². The van der Waals surface area contributed by atoms with Crippen LogP contribution >= 0.6 is 0 Å². The fourth-order valence-electron chi connectivity index (χ4n) is 2.90. The number of allylic oxidation sites excluding steroid dienone is 1. The molecule has 2 aliphatic carbocycles. The molecule has 0 amide bonds. The van der Waals surface area contributed by atoms with Gasteiger partial charge in [0, 0.05) is 18.6 Å². The molecule has 15 heavy (non-hydrogen) atoms. The highest BCUT2D eigenvalue weighted by Crippen LogP contribution is 2.31. The zero-order chi connectivity index (χ0) is 10.3. The molecule has 0 spiro atoms. The van der Waals surface area contributed by atoms with E-state index in [9.17, 15) is 0 Å². The summed E-state index contributed by atoms with van der Waals surface area (Å²) in [7, 11) is 0. The van der Waals surface area contributed by atoms with Gasteiger partial charge in [0.05, 0.1) is 0 Å². The zero-order valence-electron chi connectivity index (χ0n) is 9.13. The second-order valence-corrected chi connectivity index (χ2v) is 5.15. The third kappa shape index (κ3) is 1.75. The number of aliphatic imine (C=N–C) groups is 1. The minimum absolute atomic E-state index is 0.653. The molecule has 1 saturated heterocycles. The number of guanidine groups is 1. The number of rotatable bonds is 2. The van der Waals surface area contributed by atoms with Crippen LogP contribution in [0.15, 0.2) is 17.1 Å². The first-order valence-corrected chi connectivity index (χ1v) is 6.05. The Morgan fingerprint density at radius 2 is 1.87 bits per heavy atom. The summed E-state index contributed by atoms with van der Waals surface area (Å²) in [5, 5.41) is 6.97. The van der Waals surface area contributed by atoms with Crippen molar-refractivity contribution in [3.63, 3.8) is 0 Å². The van der Waals surface area contributed by atoms with Gasteiger partial charge in [-0.3, -0.25) is 4.99 Å². The van der Waals surface area contributed by atoms with Gasteiger partial charge < -0.3 is 10.6 Å². The van der Waals surface area contributed by atoms with Gasteiger partial charge in [0.25, 0.3) is 0 Å². The average molecular weight is 205 g/mol. The lowest BCUT2D eigenvalue weighted by Crippen LogP contribution is -2.29. The minimum atomic E-state index is 0.653. The summed E-state index contributed by atoms with van der Waals surface area (Å²) in [6, 6.07) is 1.31. The first-order valence-electron chi connectivity index (χ1n) is 6.05. The van der Waals surface area contributed by atoms with Crippen LogP contribution in [0, 0.1) is 5.92 Å². The van der Waals surface area contributed by atoms with Gasteiger partial charge in [-0.2, -0.15) is 0 Å².